The predicted octanol–water partition coefficient (Wildman–Crippen LogP) is 7.04. The molecule has 0 atom stereocenters. The smallest absolute Gasteiger partial charge is 0.166 e. The van der Waals surface area contributed by atoms with Crippen LogP contribution in [-0.2, 0) is 6.18 Å². The van der Waals surface area contributed by atoms with Crippen molar-refractivity contribution < 1.29 is 13.2 Å². The van der Waals surface area contributed by atoms with Crippen LogP contribution >= 0.6 is 15.9 Å². The Balaban J connectivity index is 1.85. The van der Waals surface area contributed by atoms with E-state index >= 15 is 0 Å². The summed E-state index contributed by atoms with van der Waals surface area (Å²) >= 11 is 3.50. The molecule has 1 aliphatic carbocycles. The van der Waals surface area contributed by atoms with E-state index in [1.165, 1.54) is 12.1 Å². The molecule has 0 heterocycles. The molecule has 0 N–H and O–H groups in total. The first-order valence-corrected chi connectivity index (χ1v) is 8.51. The first kappa shape index (κ1) is 16.2. The minimum atomic E-state index is -4.32. The van der Waals surface area contributed by atoms with Crippen molar-refractivity contribution in [2.24, 2.45) is 0 Å². The lowest BCUT2D eigenvalue weighted by atomic mass is 10.0. The van der Waals surface area contributed by atoms with E-state index in [0.717, 1.165) is 50.0 Å². The number of fused-ring (bicyclic) bond motifs is 3. The molecule has 3 aromatic carbocycles. The van der Waals surface area contributed by atoms with E-state index in [0.29, 0.717) is 0 Å². The molecule has 0 nitrogen and oxygen atoms in total. The molecule has 3 aromatic rings. The molecular weight excluding hydrogens is 389 g/mol. The second kappa shape index (κ2) is 5.88. The van der Waals surface area contributed by atoms with Gasteiger partial charge in [-0.1, -0.05) is 58.4 Å². The van der Waals surface area contributed by atoms with Gasteiger partial charge in [0.15, 0.2) is 0 Å². The molecule has 0 bridgehead atoms. The van der Waals surface area contributed by atoms with Gasteiger partial charge in [0.05, 0.1) is 5.56 Å². The monoisotopic (exact) mass is 400 g/mol. The van der Waals surface area contributed by atoms with Crippen LogP contribution in [0.15, 0.2) is 71.2 Å². The van der Waals surface area contributed by atoms with E-state index in [1.807, 2.05) is 36.4 Å². The summed E-state index contributed by atoms with van der Waals surface area (Å²) in [5, 5.41) is 0. The van der Waals surface area contributed by atoms with Gasteiger partial charge in [-0.05, 0) is 63.7 Å². The van der Waals surface area contributed by atoms with Gasteiger partial charge in [0.25, 0.3) is 0 Å². The zero-order valence-corrected chi connectivity index (χ0v) is 14.5. The maximum Gasteiger partial charge on any atom is 0.416 e. The van der Waals surface area contributed by atoms with E-state index in [9.17, 15) is 13.2 Å². The van der Waals surface area contributed by atoms with Gasteiger partial charge in [-0.2, -0.15) is 13.2 Å². The summed E-state index contributed by atoms with van der Waals surface area (Å²) in [6.07, 6.45) is -2.37. The fraction of sp³-hybridized carbons (Fsp3) is 0.0476. The van der Waals surface area contributed by atoms with Crippen molar-refractivity contribution in [1.82, 2.24) is 0 Å². The van der Waals surface area contributed by atoms with Gasteiger partial charge in [-0.25, -0.2) is 0 Å². The largest absolute Gasteiger partial charge is 0.416 e. The fourth-order valence-electron chi connectivity index (χ4n) is 3.16. The summed E-state index contributed by atoms with van der Waals surface area (Å²) in [6.45, 7) is 0. The highest BCUT2D eigenvalue weighted by Gasteiger charge is 2.30. The molecule has 0 radical (unpaired) electrons. The predicted molar refractivity (Wildman–Crippen MR) is 98.0 cm³/mol. The van der Waals surface area contributed by atoms with Crippen molar-refractivity contribution in [2.45, 2.75) is 6.18 Å². The molecule has 0 fully saturated rings. The Labute approximate surface area is 151 Å². The quantitative estimate of drug-likeness (QED) is 0.321. The van der Waals surface area contributed by atoms with Crippen molar-refractivity contribution in [3.05, 3.63) is 93.5 Å². The maximum atomic E-state index is 12.7. The lowest BCUT2D eigenvalue weighted by Gasteiger charge is -2.07. The molecule has 0 aromatic heterocycles. The van der Waals surface area contributed by atoms with Gasteiger partial charge in [0.1, 0.15) is 0 Å². The Morgan fingerprint density at radius 2 is 1.36 bits per heavy atom. The molecule has 4 heteroatoms. The molecule has 0 aliphatic heterocycles. The molecule has 0 saturated heterocycles. The van der Waals surface area contributed by atoms with Gasteiger partial charge in [0, 0.05) is 4.47 Å². The van der Waals surface area contributed by atoms with Gasteiger partial charge in [-0.3, -0.25) is 0 Å². The first-order chi connectivity index (χ1) is 11.9. The lowest BCUT2D eigenvalue weighted by Crippen LogP contribution is -2.04. The number of alkyl halides is 3. The summed E-state index contributed by atoms with van der Waals surface area (Å²) in [6, 6.07) is 19.4. The number of rotatable bonds is 1. The van der Waals surface area contributed by atoms with Gasteiger partial charge < -0.3 is 0 Å². The molecule has 0 spiro atoms. The number of hydrogen-bond acceptors (Lipinski definition) is 0. The third-order valence-electron chi connectivity index (χ3n) is 4.33. The van der Waals surface area contributed by atoms with E-state index in [2.05, 4.69) is 28.1 Å². The zero-order chi connectivity index (χ0) is 17.6. The van der Waals surface area contributed by atoms with Crippen LogP contribution in [0.5, 0.6) is 0 Å². The second-order valence-electron chi connectivity index (χ2n) is 5.91. The summed E-state index contributed by atoms with van der Waals surface area (Å²) in [5.41, 5.74) is 5.58. The highest BCUT2D eigenvalue weighted by atomic mass is 79.9. The zero-order valence-electron chi connectivity index (χ0n) is 12.9. The topological polar surface area (TPSA) is 0 Å². The average molecular weight is 401 g/mol. The molecule has 124 valence electrons. The van der Waals surface area contributed by atoms with Crippen molar-refractivity contribution >= 4 is 27.6 Å². The summed E-state index contributed by atoms with van der Waals surface area (Å²) in [7, 11) is 0. The van der Waals surface area contributed by atoms with Crippen molar-refractivity contribution in [2.75, 3.05) is 0 Å². The standard InChI is InChI=1S/C21H12BrF3/c22-15-9-10-18-16-3-1-2-4-17(16)19(20(18)12-15)11-13-5-7-14(8-6-13)21(23,24)25/h1-12H/b19-11+. The maximum absolute atomic E-state index is 12.7. The van der Waals surface area contributed by atoms with Crippen LogP contribution in [0.4, 0.5) is 13.2 Å². The van der Waals surface area contributed by atoms with E-state index in [-0.39, 0.29) is 0 Å². The van der Waals surface area contributed by atoms with Crippen molar-refractivity contribution in [3.8, 4) is 11.1 Å². The van der Waals surface area contributed by atoms with Gasteiger partial charge in [0.2, 0.25) is 0 Å². The third-order valence-corrected chi connectivity index (χ3v) is 4.82. The van der Waals surface area contributed by atoms with Crippen LogP contribution < -0.4 is 0 Å². The Morgan fingerprint density at radius 3 is 2.04 bits per heavy atom. The van der Waals surface area contributed by atoms with Crippen molar-refractivity contribution in [1.29, 1.82) is 0 Å². The molecule has 1 aliphatic rings. The molecule has 0 saturated carbocycles. The van der Waals surface area contributed by atoms with Crippen LogP contribution in [0.2, 0.25) is 0 Å². The van der Waals surface area contributed by atoms with Gasteiger partial charge in [-0.15, -0.1) is 0 Å². The summed E-state index contributed by atoms with van der Waals surface area (Å²) in [5.74, 6) is 0. The van der Waals surface area contributed by atoms with Crippen LogP contribution in [0.1, 0.15) is 22.3 Å². The molecule has 4 rings (SSSR count). The summed E-state index contributed by atoms with van der Waals surface area (Å²) < 4.78 is 39.2. The van der Waals surface area contributed by atoms with Crippen LogP contribution in [-0.4, -0.2) is 0 Å². The Kier molecular flexibility index (Phi) is 3.80. The average Bonchev–Trinajstić information content (AvgIpc) is 2.88. The third kappa shape index (κ3) is 2.91. The highest BCUT2D eigenvalue weighted by molar-refractivity contribution is 9.10. The Morgan fingerprint density at radius 1 is 0.720 bits per heavy atom. The number of halogens is 4. The molecule has 0 unspecified atom stereocenters. The van der Waals surface area contributed by atoms with Crippen molar-refractivity contribution in [3.63, 3.8) is 0 Å². The Bertz CT molecular complexity index is 983. The lowest BCUT2D eigenvalue weighted by molar-refractivity contribution is -0.137. The minimum Gasteiger partial charge on any atom is -0.166 e. The van der Waals surface area contributed by atoms with Gasteiger partial charge >= 0.3 is 6.18 Å². The fourth-order valence-corrected chi connectivity index (χ4v) is 3.52. The van der Waals surface area contributed by atoms with Crippen LogP contribution in [0.3, 0.4) is 0 Å². The Hall–Kier alpha value is -2.33. The molecule has 25 heavy (non-hydrogen) atoms. The first-order valence-electron chi connectivity index (χ1n) is 7.72. The van der Waals surface area contributed by atoms with E-state index in [4.69, 9.17) is 0 Å². The number of hydrogen-bond donors (Lipinski definition) is 0. The number of benzene rings is 3. The van der Waals surface area contributed by atoms with Crippen LogP contribution in [0.25, 0.3) is 22.8 Å². The SMILES string of the molecule is FC(F)(F)c1ccc(/C=C2\c3ccccc3-c3ccc(Br)cc32)cc1. The summed E-state index contributed by atoms with van der Waals surface area (Å²) in [4.78, 5) is 0. The minimum absolute atomic E-state index is 0.635. The second-order valence-corrected chi connectivity index (χ2v) is 6.83. The molecule has 0 amide bonds. The normalized spacial score (nSPS) is 14.5. The van der Waals surface area contributed by atoms with E-state index < -0.39 is 11.7 Å². The van der Waals surface area contributed by atoms with E-state index in [1.54, 1.807) is 0 Å². The van der Waals surface area contributed by atoms with Crippen LogP contribution in [0, 0.1) is 0 Å². The highest BCUT2D eigenvalue weighted by Crippen LogP contribution is 2.45. The molecular formula is C21H12BrF3.